The monoisotopic (exact) mass is 388 g/mol. The summed E-state index contributed by atoms with van der Waals surface area (Å²) in [7, 11) is 3.46. The van der Waals surface area contributed by atoms with Crippen molar-refractivity contribution in [2.24, 2.45) is 7.05 Å². The third-order valence-electron chi connectivity index (χ3n) is 4.92. The zero-order valence-electron chi connectivity index (χ0n) is 15.3. The number of fused-ring (bicyclic) bond motifs is 2. The molecule has 0 saturated carbocycles. The van der Waals surface area contributed by atoms with Gasteiger partial charge in [-0.2, -0.15) is 18.3 Å². The summed E-state index contributed by atoms with van der Waals surface area (Å²) in [4.78, 5) is 5.09. The van der Waals surface area contributed by atoms with E-state index in [1.165, 1.54) is 6.07 Å². The van der Waals surface area contributed by atoms with Crippen molar-refractivity contribution in [3.8, 4) is 0 Å². The molecule has 0 amide bonds. The first kappa shape index (κ1) is 18.2. The van der Waals surface area contributed by atoms with Gasteiger partial charge in [0.15, 0.2) is 0 Å². The van der Waals surface area contributed by atoms with Crippen LogP contribution in [0.5, 0.6) is 0 Å². The van der Waals surface area contributed by atoms with Crippen LogP contribution in [-0.4, -0.2) is 21.8 Å². The molecule has 0 fully saturated rings. The van der Waals surface area contributed by atoms with Gasteiger partial charge < -0.3 is 4.90 Å². The van der Waals surface area contributed by atoms with Gasteiger partial charge >= 0.3 is 6.18 Å². The number of anilines is 2. The van der Waals surface area contributed by atoms with Crippen LogP contribution in [0.25, 0.3) is 21.8 Å². The number of nitrogens with zero attached hydrogens (tertiary/aromatic N) is 4. The average Bonchev–Trinajstić information content (AvgIpc) is 2.93. The molecule has 4 rings (SSSR count). The van der Waals surface area contributed by atoms with Gasteiger partial charge in [-0.1, -0.05) is 12.1 Å². The molecule has 2 heterocycles. The van der Waals surface area contributed by atoms with Crippen LogP contribution in [-0.2, 0) is 13.2 Å². The predicted octanol–water partition coefficient (Wildman–Crippen LogP) is 5.36. The SMILES string of the molecule is Cc1c2ccc(N(C)c3cc(C(F)(F)F)nc4c(F)cccc34)cc2nn1C. The van der Waals surface area contributed by atoms with Crippen molar-refractivity contribution in [2.45, 2.75) is 13.1 Å². The number of hydrogen-bond acceptors (Lipinski definition) is 3. The van der Waals surface area contributed by atoms with Crippen molar-refractivity contribution in [2.75, 3.05) is 11.9 Å². The summed E-state index contributed by atoms with van der Waals surface area (Å²) in [5.41, 5.74) is 1.11. The second kappa shape index (κ2) is 6.19. The summed E-state index contributed by atoms with van der Waals surface area (Å²) in [5.74, 6) is -0.797. The van der Waals surface area contributed by atoms with E-state index in [-0.39, 0.29) is 11.2 Å². The number of benzene rings is 2. The van der Waals surface area contributed by atoms with Crippen molar-refractivity contribution in [1.29, 1.82) is 0 Å². The highest BCUT2D eigenvalue weighted by Crippen LogP contribution is 2.37. The lowest BCUT2D eigenvalue weighted by Crippen LogP contribution is -2.14. The molecule has 144 valence electrons. The van der Waals surface area contributed by atoms with Crippen molar-refractivity contribution in [1.82, 2.24) is 14.8 Å². The highest BCUT2D eigenvalue weighted by Gasteiger charge is 2.34. The first-order valence-corrected chi connectivity index (χ1v) is 8.50. The molecule has 0 bridgehead atoms. The summed E-state index contributed by atoms with van der Waals surface area (Å²) in [5, 5.41) is 5.68. The van der Waals surface area contributed by atoms with E-state index in [0.29, 0.717) is 11.1 Å². The summed E-state index contributed by atoms with van der Waals surface area (Å²) in [6.45, 7) is 1.94. The minimum absolute atomic E-state index is 0.212. The average molecular weight is 388 g/mol. The Hall–Kier alpha value is -3.16. The van der Waals surface area contributed by atoms with Crippen molar-refractivity contribution >= 4 is 33.2 Å². The molecule has 2 aromatic carbocycles. The molecule has 0 spiro atoms. The fourth-order valence-electron chi connectivity index (χ4n) is 3.29. The number of pyridine rings is 1. The molecule has 0 aliphatic heterocycles. The molecule has 0 aliphatic rings. The number of rotatable bonds is 2. The quantitative estimate of drug-likeness (QED) is 0.434. The van der Waals surface area contributed by atoms with Crippen LogP contribution in [0.4, 0.5) is 28.9 Å². The van der Waals surface area contributed by atoms with Crippen LogP contribution in [0, 0.1) is 12.7 Å². The van der Waals surface area contributed by atoms with Crippen LogP contribution >= 0.6 is 0 Å². The molecule has 8 heteroatoms. The maximum Gasteiger partial charge on any atom is 0.433 e. The van der Waals surface area contributed by atoms with Crippen LogP contribution in [0.1, 0.15) is 11.4 Å². The molecule has 0 aliphatic carbocycles. The molecule has 28 heavy (non-hydrogen) atoms. The van der Waals surface area contributed by atoms with Gasteiger partial charge in [0.05, 0.1) is 11.2 Å². The molecule has 4 aromatic rings. The van der Waals surface area contributed by atoms with E-state index in [1.54, 1.807) is 34.8 Å². The number of alkyl halides is 3. The number of para-hydroxylation sites is 1. The molecule has 0 radical (unpaired) electrons. The smallest absolute Gasteiger partial charge is 0.344 e. The van der Waals surface area contributed by atoms with E-state index in [2.05, 4.69) is 10.1 Å². The molecule has 4 nitrogen and oxygen atoms in total. The van der Waals surface area contributed by atoms with E-state index >= 15 is 0 Å². The lowest BCUT2D eigenvalue weighted by Gasteiger charge is -2.22. The van der Waals surface area contributed by atoms with Gasteiger partial charge in [-0.3, -0.25) is 4.68 Å². The number of hydrogen-bond donors (Lipinski definition) is 0. The molecule has 0 unspecified atom stereocenters. The maximum atomic E-state index is 14.2. The highest BCUT2D eigenvalue weighted by molar-refractivity contribution is 5.95. The number of aryl methyl sites for hydroxylation is 2. The summed E-state index contributed by atoms with van der Waals surface area (Å²) >= 11 is 0. The third-order valence-corrected chi connectivity index (χ3v) is 4.92. The Balaban J connectivity index is 1.93. The van der Waals surface area contributed by atoms with Crippen molar-refractivity contribution < 1.29 is 17.6 Å². The van der Waals surface area contributed by atoms with Gasteiger partial charge in [-0.15, -0.1) is 0 Å². The van der Waals surface area contributed by atoms with Crippen LogP contribution in [0.2, 0.25) is 0 Å². The first-order chi connectivity index (χ1) is 13.2. The predicted molar refractivity (Wildman–Crippen MR) is 100 cm³/mol. The Morgan fingerprint density at radius 3 is 2.50 bits per heavy atom. The maximum absolute atomic E-state index is 14.2. The molecule has 0 atom stereocenters. The minimum atomic E-state index is -4.69. The van der Waals surface area contributed by atoms with Gasteiger partial charge in [0.25, 0.3) is 0 Å². The van der Waals surface area contributed by atoms with E-state index in [4.69, 9.17) is 0 Å². The summed E-state index contributed by atoms with van der Waals surface area (Å²) < 4.78 is 55.9. The Kier molecular flexibility index (Phi) is 4.02. The van der Waals surface area contributed by atoms with Gasteiger partial charge in [0, 0.05) is 36.2 Å². The lowest BCUT2D eigenvalue weighted by molar-refractivity contribution is -0.140. The first-order valence-electron chi connectivity index (χ1n) is 8.50. The zero-order valence-corrected chi connectivity index (χ0v) is 15.3. The Morgan fingerprint density at radius 1 is 1.04 bits per heavy atom. The third kappa shape index (κ3) is 2.85. The Morgan fingerprint density at radius 2 is 1.79 bits per heavy atom. The largest absolute Gasteiger partial charge is 0.433 e. The fraction of sp³-hybridized carbons (Fsp3) is 0.200. The molecular weight excluding hydrogens is 372 g/mol. The van der Waals surface area contributed by atoms with E-state index in [0.717, 1.165) is 28.7 Å². The lowest BCUT2D eigenvalue weighted by atomic mass is 10.1. The van der Waals surface area contributed by atoms with E-state index in [9.17, 15) is 17.6 Å². The van der Waals surface area contributed by atoms with Gasteiger partial charge in [-0.05, 0) is 37.3 Å². The minimum Gasteiger partial charge on any atom is -0.344 e. The molecule has 2 aromatic heterocycles. The van der Waals surface area contributed by atoms with Crippen molar-refractivity contribution in [3.63, 3.8) is 0 Å². The number of aromatic nitrogens is 3. The second-order valence-corrected chi connectivity index (χ2v) is 6.63. The van der Waals surface area contributed by atoms with Gasteiger partial charge in [-0.25, -0.2) is 9.37 Å². The molecular formula is C20H16F4N4. The van der Waals surface area contributed by atoms with Crippen molar-refractivity contribution in [3.05, 3.63) is 59.7 Å². The Labute approximate surface area is 158 Å². The topological polar surface area (TPSA) is 34.0 Å². The fourth-order valence-corrected chi connectivity index (χ4v) is 3.29. The number of halogens is 4. The van der Waals surface area contributed by atoms with Crippen LogP contribution in [0.3, 0.4) is 0 Å². The van der Waals surface area contributed by atoms with Crippen LogP contribution < -0.4 is 4.90 Å². The van der Waals surface area contributed by atoms with E-state index in [1.807, 2.05) is 20.0 Å². The zero-order chi connectivity index (χ0) is 20.2. The highest BCUT2D eigenvalue weighted by atomic mass is 19.4. The summed E-state index contributed by atoms with van der Waals surface area (Å²) in [6, 6.07) is 10.5. The molecule has 0 saturated heterocycles. The second-order valence-electron chi connectivity index (χ2n) is 6.63. The normalized spacial score (nSPS) is 12.1. The standard InChI is InChI=1S/C20H16F4N4/c1-11-13-8-7-12(9-16(13)26-28(11)3)27(2)17-10-18(20(22,23)24)25-19-14(17)5-4-6-15(19)21/h4-10H,1-3H3. The van der Waals surface area contributed by atoms with Crippen LogP contribution in [0.15, 0.2) is 42.5 Å². The van der Waals surface area contributed by atoms with Gasteiger partial charge in [0.1, 0.15) is 17.0 Å². The summed E-state index contributed by atoms with van der Waals surface area (Å²) in [6.07, 6.45) is -4.69. The van der Waals surface area contributed by atoms with E-state index < -0.39 is 17.7 Å². The molecule has 0 N–H and O–H groups in total. The van der Waals surface area contributed by atoms with Gasteiger partial charge in [0.2, 0.25) is 0 Å². The Bertz CT molecular complexity index is 1210.